The van der Waals surface area contributed by atoms with E-state index < -0.39 is 6.55 Å². The molecule has 2 aliphatic heterocycles. The summed E-state index contributed by atoms with van der Waals surface area (Å²) in [5.41, 5.74) is 0.265. The molecule has 3 heterocycles. The first-order valence-electron chi connectivity index (χ1n) is 9.11. The Morgan fingerprint density at radius 2 is 1.89 bits per heavy atom. The number of hydrogen-bond donors (Lipinski definition) is 1. The van der Waals surface area contributed by atoms with Crippen molar-refractivity contribution >= 4 is 30.7 Å². The zero-order chi connectivity index (χ0) is 17.4. The van der Waals surface area contributed by atoms with Crippen molar-refractivity contribution in [2.75, 3.05) is 39.3 Å². The highest BCUT2D eigenvalue weighted by Gasteiger charge is 2.58. The topological polar surface area (TPSA) is 53.4 Å². The first-order valence-corrected chi connectivity index (χ1v) is 9.11. The van der Waals surface area contributed by atoms with E-state index >= 15 is 0 Å². The van der Waals surface area contributed by atoms with Crippen molar-refractivity contribution in [3.05, 3.63) is 18.2 Å². The van der Waals surface area contributed by atoms with Crippen molar-refractivity contribution in [1.29, 1.82) is 0 Å². The van der Waals surface area contributed by atoms with E-state index in [2.05, 4.69) is 15.2 Å². The minimum Gasteiger partial charge on any atom is -0.340 e. The van der Waals surface area contributed by atoms with Crippen molar-refractivity contribution in [3.8, 4) is 0 Å². The molecule has 1 aromatic heterocycles. The normalized spacial score (nSPS) is 24.4. The van der Waals surface area contributed by atoms with Crippen LogP contribution in [0.2, 0.25) is 0 Å². The average Bonchev–Trinajstić information content (AvgIpc) is 3.09. The third kappa shape index (κ3) is 4.55. The number of nitrogens with one attached hydrogen (secondary N) is 1. The summed E-state index contributed by atoms with van der Waals surface area (Å²) in [6.45, 7) is 2.67. The predicted octanol–water partition coefficient (Wildman–Crippen LogP) is 2.16. The van der Waals surface area contributed by atoms with Gasteiger partial charge in [-0.15, -0.1) is 24.8 Å². The molecule has 154 valence electrons. The number of nitrogens with zero attached hydrogens (tertiary/aromatic N) is 4. The van der Waals surface area contributed by atoms with Crippen LogP contribution in [0, 0.1) is 11.3 Å². The number of amides is 1. The van der Waals surface area contributed by atoms with Gasteiger partial charge in [-0.1, -0.05) is 0 Å². The lowest BCUT2D eigenvalue weighted by Crippen LogP contribution is -2.49. The Labute approximate surface area is 170 Å². The van der Waals surface area contributed by atoms with E-state index in [1.54, 1.807) is 0 Å². The van der Waals surface area contributed by atoms with Gasteiger partial charge >= 0.3 is 6.55 Å². The fourth-order valence-corrected chi connectivity index (χ4v) is 4.36. The highest BCUT2D eigenvalue weighted by atomic mass is 35.5. The number of carbonyl (C=O) groups is 1. The number of hydrogen-bond acceptors (Lipinski definition) is 4. The number of piperidine rings is 1. The third-order valence-corrected chi connectivity index (χ3v) is 6.10. The van der Waals surface area contributed by atoms with E-state index in [4.69, 9.17) is 0 Å². The number of piperazine rings is 1. The molecule has 2 saturated heterocycles. The molecule has 0 bridgehead atoms. The summed E-state index contributed by atoms with van der Waals surface area (Å²) in [6.07, 6.45) is 5.98. The smallest absolute Gasteiger partial charge is 0.319 e. The van der Waals surface area contributed by atoms with Crippen LogP contribution in [-0.4, -0.2) is 64.5 Å². The van der Waals surface area contributed by atoms with E-state index in [1.165, 1.54) is 12.4 Å². The molecular weight excluding hydrogens is 399 g/mol. The molecule has 1 unspecified atom stereocenters. The molecule has 4 rings (SSSR count). The van der Waals surface area contributed by atoms with Gasteiger partial charge in [0, 0.05) is 44.5 Å². The highest BCUT2D eigenvalue weighted by Crippen LogP contribution is 2.59. The molecule has 1 amide bonds. The van der Waals surface area contributed by atoms with E-state index in [9.17, 15) is 13.6 Å². The number of aromatic nitrogens is 2. The molecule has 27 heavy (non-hydrogen) atoms. The lowest BCUT2D eigenvalue weighted by atomic mass is 9.91. The molecule has 1 spiro atoms. The summed E-state index contributed by atoms with van der Waals surface area (Å²) >= 11 is 0. The van der Waals surface area contributed by atoms with Crippen LogP contribution < -0.4 is 5.32 Å². The minimum absolute atomic E-state index is 0. The number of rotatable bonds is 4. The summed E-state index contributed by atoms with van der Waals surface area (Å²) in [6, 6.07) is 0. The van der Waals surface area contributed by atoms with Crippen molar-refractivity contribution in [1.82, 2.24) is 24.7 Å². The minimum atomic E-state index is -2.56. The van der Waals surface area contributed by atoms with Crippen LogP contribution in [0.4, 0.5) is 8.78 Å². The monoisotopic (exact) mass is 425 g/mol. The summed E-state index contributed by atoms with van der Waals surface area (Å²) in [7, 11) is 0. The lowest BCUT2D eigenvalue weighted by Gasteiger charge is -2.35. The van der Waals surface area contributed by atoms with Crippen molar-refractivity contribution in [2.24, 2.45) is 11.3 Å². The zero-order valence-corrected chi connectivity index (χ0v) is 16.8. The zero-order valence-electron chi connectivity index (χ0n) is 15.1. The maximum Gasteiger partial charge on any atom is 0.319 e. The molecule has 1 N–H and O–H groups in total. The standard InChI is InChI=1S/C17H25F2N5O.2ClH/c18-16(19)24-6-5-21-14(24)12-22-7-9-23(10-8-22)15(25)13-11-17(13)1-3-20-4-2-17;;/h5-6,13,16,20H,1-4,7-12H2;2*1H. The van der Waals surface area contributed by atoms with Crippen LogP contribution in [0.1, 0.15) is 31.6 Å². The fraction of sp³-hybridized carbons (Fsp3) is 0.765. The van der Waals surface area contributed by atoms with Gasteiger partial charge < -0.3 is 10.2 Å². The van der Waals surface area contributed by atoms with Gasteiger partial charge in [0.25, 0.3) is 0 Å². The molecule has 0 aromatic carbocycles. The maximum absolute atomic E-state index is 12.9. The van der Waals surface area contributed by atoms with Crippen molar-refractivity contribution in [2.45, 2.75) is 32.4 Å². The van der Waals surface area contributed by atoms with E-state index in [-0.39, 0.29) is 36.1 Å². The first-order chi connectivity index (χ1) is 12.1. The second-order valence-electron chi connectivity index (χ2n) is 7.50. The Kier molecular flexibility index (Phi) is 7.47. The summed E-state index contributed by atoms with van der Waals surface area (Å²) in [5, 5.41) is 3.37. The Morgan fingerprint density at radius 1 is 1.22 bits per heavy atom. The quantitative estimate of drug-likeness (QED) is 0.802. The van der Waals surface area contributed by atoms with Crippen LogP contribution in [0.3, 0.4) is 0 Å². The average molecular weight is 426 g/mol. The van der Waals surface area contributed by atoms with Crippen LogP contribution >= 0.6 is 24.8 Å². The molecule has 1 aliphatic carbocycles. The molecular formula is C17H27Cl2F2N5O. The lowest BCUT2D eigenvalue weighted by molar-refractivity contribution is -0.135. The Hall–Kier alpha value is -0.960. The van der Waals surface area contributed by atoms with Crippen molar-refractivity contribution < 1.29 is 13.6 Å². The maximum atomic E-state index is 12.9. The van der Waals surface area contributed by atoms with Crippen molar-refractivity contribution in [3.63, 3.8) is 0 Å². The number of carbonyl (C=O) groups excluding carboxylic acids is 1. The summed E-state index contributed by atoms with van der Waals surface area (Å²) in [4.78, 5) is 20.9. The van der Waals surface area contributed by atoms with Crippen LogP contribution in [0.15, 0.2) is 12.4 Å². The van der Waals surface area contributed by atoms with Gasteiger partial charge in [-0.3, -0.25) is 14.3 Å². The van der Waals surface area contributed by atoms with Gasteiger partial charge in [0.1, 0.15) is 5.82 Å². The molecule has 10 heteroatoms. The van der Waals surface area contributed by atoms with Gasteiger partial charge in [-0.05, 0) is 37.8 Å². The molecule has 6 nitrogen and oxygen atoms in total. The molecule has 3 aliphatic rings. The largest absolute Gasteiger partial charge is 0.340 e. The highest BCUT2D eigenvalue weighted by molar-refractivity contribution is 5.85. The molecule has 3 fully saturated rings. The van der Waals surface area contributed by atoms with E-state index in [1.807, 2.05) is 4.90 Å². The summed E-state index contributed by atoms with van der Waals surface area (Å²) in [5.74, 6) is 0.889. The van der Waals surface area contributed by atoms with Gasteiger partial charge in [-0.25, -0.2) is 4.98 Å². The Bertz CT molecular complexity index is 631. The van der Waals surface area contributed by atoms with E-state index in [0.717, 1.165) is 36.9 Å². The second kappa shape index (κ2) is 9.03. The first kappa shape index (κ1) is 22.3. The van der Waals surface area contributed by atoms with E-state index in [0.29, 0.717) is 44.5 Å². The van der Waals surface area contributed by atoms with Gasteiger partial charge in [0.15, 0.2) is 0 Å². The molecule has 1 saturated carbocycles. The summed E-state index contributed by atoms with van der Waals surface area (Å²) < 4.78 is 26.7. The predicted molar refractivity (Wildman–Crippen MR) is 102 cm³/mol. The number of halogens is 4. The SMILES string of the molecule is Cl.Cl.O=C(C1CC12CCNCC2)N1CCN(Cc2nccn2C(F)F)CC1. The fourth-order valence-electron chi connectivity index (χ4n) is 4.36. The van der Waals surface area contributed by atoms with Gasteiger partial charge in [0.2, 0.25) is 5.91 Å². The van der Waals surface area contributed by atoms with Crippen LogP contribution in [-0.2, 0) is 11.3 Å². The number of alkyl halides is 2. The van der Waals surface area contributed by atoms with Gasteiger partial charge in [0.05, 0.1) is 6.54 Å². The van der Waals surface area contributed by atoms with Crippen LogP contribution in [0.5, 0.6) is 0 Å². The molecule has 1 aromatic rings. The van der Waals surface area contributed by atoms with Gasteiger partial charge in [-0.2, -0.15) is 8.78 Å². The second-order valence-corrected chi connectivity index (χ2v) is 7.50. The Morgan fingerprint density at radius 3 is 2.52 bits per heavy atom. The third-order valence-electron chi connectivity index (χ3n) is 6.10. The molecule has 1 atom stereocenters. The molecule has 0 radical (unpaired) electrons. The Balaban J connectivity index is 0.00000131. The number of imidazole rings is 1. The van der Waals surface area contributed by atoms with Crippen LogP contribution in [0.25, 0.3) is 0 Å².